The molecule has 392 valence electrons. The Balaban J connectivity index is 4.40. The lowest BCUT2D eigenvalue weighted by molar-refractivity contribution is -0.167. The van der Waals surface area contributed by atoms with Crippen LogP contribution in [0.2, 0.25) is 0 Å². The van der Waals surface area contributed by atoms with Crippen LogP contribution in [-0.4, -0.2) is 37.2 Å². The van der Waals surface area contributed by atoms with E-state index in [2.05, 4.69) is 93.7 Å². The van der Waals surface area contributed by atoms with E-state index < -0.39 is 6.10 Å². The first-order valence-electron chi connectivity index (χ1n) is 28.9. The number of unbranched alkanes of at least 4 members (excludes halogenated alkanes) is 29. The van der Waals surface area contributed by atoms with Gasteiger partial charge in [0.05, 0.1) is 0 Å². The topological polar surface area (TPSA) is 78.9 Å². The molecule has 0 rings (SSSR count). The van der Waals surface area contributed by atoms with Crippen LogP contribution in [0.1, 0.15) is 284 Å². The largest absolute Gasteiger partial charge is 0.462 e. The zero-order valence-corrected chi connectivity index (χ0v) is 44.9. The molecule has 68 heavy (non-hydrogen) atoms. The van der Waals surface area contributed by atoms with Crippen LogP contribution < -0.4 is 0 Å². The van der Waals surface area contributed by atoms with Gasteiger partial charge in [0.1, 0.15) is 13.2 Å². The minimum atomic E-state index is -0.793. The Morgan fingerprint density at radius 2 is 0.588 bits per heavy atom. The number of allylic oxidation sites excluding steroid dienone is 12. The maximum absolute atomic E-state index is 12.8. The van der Waals surface area contributed by atoms with Crippen molar-refractivity contribution in [2.75, 3.05) is 13.2 Å². The molecule has 0 radical (unpaired) electrons. The van der Waals surface area contributed by atoms with Crippen molar-refractivity contribution in [1.82, 2.24) is 0 Å². The number of ether oxygens (including phenoxy) is 3. The molecule has 0 aliphatic rings. The second-order valence-corrected chi connectivity index (χ2v) is 19.2. The Labute approximate surface area is 421 Å². The summed E-state index contributed by atoms with van der Waals surface area (Å²) in [6.45, 7) is 6.48. The van der Waals surface area contributed by atoms with Gasteiger partial charge in [-0.3, -0.25) is 14.4 Å². The van der Waals surface area contributed by atoms with Gasteiger partial charge in [0.25, 0.3) is 0 Å². The number of hydrogen-bond donors (Lipinski definition) is 0. The first kappa shape index (κ1) is 64.8. The van der Waals surface area contributed by atoms with Gasteiger partial charge in [-0.1, -0.05) is 254 Å². The van der Waals surface area contributed by atoms with Crippen LogP contribution in [-0.2, 0) is 28.6 Å². The maximum Gasteiger partial charge on any atom is 0.306 e. The summed E-state index contributed by atoms with van der Waals surface area (Å²) in [7, 11) is 0. The normalized spacial score (nSPS) is 12.6. The molecule has 0 saturated carbocycles. The molecule has 1 unspecified atom stereocenters. The van der Waals surface area contributed by atoms with Crippen molar-refractivity contribution in [1.29, 1.82) is 0 Å². The maximum atomic E-state index is 12.8. The lowest BCUT2D eigenvalue weighted by Gasteiger charge is -2.18. The highest BCUT2D eigenvalue weighted by molar-refractivity contribution is 5.71. The average Bonchev–Trinajstić information content (AvgIpc) is 3.34. The summed E-state index contributed by atoms with van der Waals surface area (Å²) < 4.78 is 16.8. The van der Waals surface area contributed by atoms with E-state index in [1.54, 1.807) is 0 Å². The summed E-state index contributed by atoms with van der Waals surface area (Å²) in [4.78, 5) is 38.2. The van der Waals surface area contributed by atoms with Gasteiger partial charge < -0.3 is 14.2 Å². The monoisotopic (exact) mass is 949 g/mol. The van der Waals surface area contributed by atoms with E-state index in [9.17, 15) is 14.4 Å². The summed E-state index contributed by atoms with van der Waals surface area (Å²) in [6.07, 6.45) is 71.8. The molecule has 1 atom stereocenters. The molecule has 0 aromatic heterocycles. The first-order valence-corrected chi connectivity index (χ1v) is 28.9. The minimum absolute atomic E-state index is 0.0879. The van der Waals surface area contributed by atoms with Crippen molar-refractivity contribution in [3.8, 4) is 0 Å². The van der Waals surface area contributed by atoms with Gasteiger partial charge in [-0.2, -0.15) is 0 Å². The van der Waals surface area contributed by atoms with Crippen molar-refractivity contribution in [2.24, 2.45) is 0 Å². The Morgan fingerprint density at radius 3 is 0.941 bits per heavy atom. The zero-order valence-electron chi connectivity index (χ0n) is 44.9. The highest BCUT2D eigenvalue weighted by Gasteiger charge is 2.19. The van der Waals surface area contributed by atoms with Crippen LogP contribution in [0, 0.1) is 0 Å². The summed E-state index contributed by atoms with van der Waals surface area (Å²) in [5.74, 6) is -0.917. The average molecular weight is 950 g/mol. The van der Waals surface area contributed by atoms with Gasteiger partial charge >= 0.3 is 17.9 Å². The second kappa shape index (κ2) is 56.4. The second-order valence-electron chi connectivity index (χ2n) is 19.2. The predicted molar refractivity (Wildman–Crippen MR) is 293 cm³/mol. The van der Waals surface area contributed by atoms with Crippen LogP contribution in [0.25, 0.3) is 0 Å². The van der Waals surface area contributed by atoms with Crippen LogP contribution in [0.3, 0.4) is 0 Å². The molecule has 0 N–H and O–H groups in total. The van der Waals surface area contributed by atoms with Crippen molar-refractivity contribution in [3.05, 3.63) is 72.9 Å². The highest BCUT2D eigenvalue weighted by atomic mass is 16.6. The number of rotatable bonds is 52. The lowest BCUT2D eigenvalue weighted by Crippen LogP contribution is -2.30. The number of esters is 3. The van der Waals surface area contributed by atoms with Crippen LogP contribution in [0.15, 0.2) is 72.9 Å². The molecule has 0 saturated heterocycles. The fourth-order valence-electron chi connectivity index (χ4n) is 8.10. The van der Waals surface area contributed by atoms with Gasteiger partial charge in [0.2, 0.25) is 0 Å². The molecule has 0 aliphatic heterocycles. The van der Waals surface area contributed by atoms with Crippen molar-refractivity contribution >= 4 is 17.9 Å². The fraction of sp³-hybridized carbons (Fsp3) is 0.758. The molecule has 0 aromatic carbocycles. The molecular formula is C62H108O6. The molecule has 0 aromatic rings. The molecule has 0 bridgehead atoms. The summed E-state index contributed by atoms with van der Waals surface area (Å²) >= 11 is 0. The molecule has 0 aliphatic carbocycles. The van der Waals surface area contributed by atoms with Gasteiger partial charge in [0, 0.05) is 19.3 Å². The van der Waals surface area contributed by atoms with Gasteiger partial charge in [-0.25, -0.2) is 0 Å². The Kier molecular flexibility index (Phi) is 53.8. The Bertz CT molecular complexity index is 1270. The predicted octanol–water partition coefficient (Wildman–Crippen LogP) is 19.4. The van der Waals surface area contributed by atoms with E-state index >= 15 is 0 Å². The Hall–Kier alpha value is -3.15. The third-order valence-electron chi connectivity index (χ3n) is 12.4. The number of carbonyl (C=O) groups is 3. The summed E-state index contributed by atoms with van der Waals surface area (Å²) in [5, 5.41) is 0. The quantitative estimate of drug-likeness (QED) is 0.0262. The van der Waals surface area contributed by atoms with E-state index in [0.29, 0.717) is 19.3 Å². The van der Waals surface area contributed by atoms with Crippen molar-refractivity contribution in [2.45, 2.75) is 290 Å². The lowest BCUT2D eigenvalue weighted by atomic mass is 10.0. The molecule has 0 amide bonds. The van der Waals surface area contributed by atoms with Crippen LogP contribution in [0.5, 0.6) is 0 Å². The fourth-order valence-corrected chi connectivity index (χ4v) is 8.10. The third kappa shape index (κ3) is 53.8. The molecular weight excluding hydrogens is 841 g/mol. The van der Waals surface area contributed by atoms with E-state index in [0.717, 1.165) is 122 Å². The van der Waals surface area contributed by atoms with Crippen LogP contribution in [0.4, 0.5) is 0 Å². The molecule has 0 fully saturated rings. The smallest absolute Gasteiger partial charge is 0.306 e. The molecule has 0 spiro atoms. The van der Waals surface area contributed by atoms with E-state index in [1.165, 1.54) is 122 Å². The SMILES string of the molecule is CC/C=C\C/C=C\C/C=C\C/C=C\CCCCCCC(=O)OC(COC(=O)CCCCCCC/C=C\C/C=C\CCCC)COC(=O)CCCCCCCCCCCCCCCCCCCCC. The first-order chi connectivity index (χ1) is 33.5. The van der Waals surface area contributed by atoms with Crippen molar-refractivity contribution < 1.29 is 28.6 Å². The highest BCUT2D eigenvalue weighted by Crippen LogP contribution is 2.16. The zero-order chi connectivity index (χ0) is 49.3. The Morgan fingerprint density at radius 1 is 0.309 bits per heavy atom. The van der Waals surface area contributed by atoms with Gasteiger partial charge in [0.15, 0.2) is 6.10 Å². The molecule has 6 nitrogen and oxygen atoms in total. The third-order valence-corrected chi connectivity index (χ3v) is 12.4. The van der Waals surface area contributed by atoms with Gasteiger partial charge in [-0.15, -0.1) is 0 Å². The van der Waals surface area contributed by atoms with E-state index in [-0.39, 0.29) is 31.1 Å². The van der Waals surface area contributed by atoms with Crippen LogP contribution >= 0.6 is 0 Å². The summed E-state index contributed by atoms with van der Waals surface area (Å²) in [6, 6.07) is 0. The molecule has 6 heteroatoms. The van der Waals surface area contributed by atoms with E-state index in [4.69, 9.17) is 14.2 Å². The van der Waals surface area contributed by atoms with Gasteiger partial charge in [-0.05, 0) is 83.5 Å². The summed E-state index contributed by atoms with van der Waals surface area (Å²) in [5.41, 5.74) is 0. The number of hydrogen-bond acceptors (Lipinski definition) is 6. The van der Waals surface area contributed by atoms with E-state index in [1.807, 2.05) is 0 Å². The minimum Gasteiger partial charge on any atom is -0.462 e. The van der Waals surface area contributed by atoms with Crippen molar-refractivity contribution in [3.63, 3.8) is 0 Å². The standard InChI is InChI=1S/C62H108O6/c1-4-7-10-13-16-19-22-25-28-30-31-33-34-37-40-43-46-49-52-55-61(64)67-58-59(57-66-60(63)54-51-48-45-42-39-36-27-24-21-18-15-12-9-6-3)68-62(65)56-53-50-47-44-41-38-35-32-29-26-23-20-17-14-11-8-5-2/h8,11,15,17-18,20,24,26-27,29,35,38,59H,4-7,9-10,12-14,16,19,21-23,25,28,30-34,36-37,39-58H2,1-3H3/b11-8-,18-15-,20-17-,27-24-,29-26-,38-35-. The molecule has 0 heterocycles. The number of carbonyl (C=O) groups excluding carboxylic acids is 3.